The van der Waals surface area contributed by atoms with Crippen LogP contribution in [0.5, 0.6) is 0 Å². The summed E-state index contributed by atoms with van der Waals surface area (Å²) in [5, 5.41) is 10.2. The minimum absolute atomic E-state index is 0.0864. The number of aliphatic hydroxyl groups is 1. The third kappa shape index (κ3) is 3.95. The highest BCUT2D eigenvalue weighted by Crippen LogP contribution is 2.66. The zero-order chi connectivity index (χ0) is 21.6. The van der Waals surface area contributed by atoms with Gasteiger partial charge in [0.15, 0.2) is 0 Å². The average molecular weight is 439 g/mol. The summed E-state index contributed by atoms with van der Waals surface area (Å²) in [6.45, 7) is 7.11. The Morgan fingerprint density at radius 1 is 1.03 bits per heavy atom. The molecule has 3 fully saturated rings. The van der Waals surface area contributed by atoms with Crippen molar-refractivity contribution >= 4 is 11.8 Å². The molecule has 0 aromatic heterocycles. The molecular formula is C29H42OS. The highest BCUT2D eigenvalue weighted by atomic mass is 32.2. The predicted octanol–water partition coefficient (Wildman–Crippen LogP) is 7.99. The Labute approximate surface area is 194 Å². The zero-order valence-electron chi connectivity index (χ0n) is 19.9. The van der Waals surface area contributed by atoms with Crippen molar-refractivity contribution in [2.24, 2.45) is 28.6 Å². The molecule has 1 nitrogen and oxygen atoms in total. The van der Waals surface area contributed by atoms with Crippen LogP contribution in [-0.4, -0.2) is 17.0 Å². The molecule has 31 heavy (non-hydrogen) atoms. The second-order valence-electron chi connectivity index (χ2n) is 11.8. The molecule has 0 aliphatic heterocycles. The third-order valence-electron chi connectivity index (χ3n) is 10.0. The zero-order valence-corrected chi connectivity index (χ0v) is 20.7. The summed E-state index contributed by atoms with van der Waals surface area (Å²) in [6, 6.07) is 9.32. The number of fused-ring (bicyclic) bond motifs is 5. The van der Waals surface area contributed by atoms with Crippen molar-refractivity contribution in [2.75, 3.05) is 5.75 Å². The van der Waals surface area contributed by atoms with Gasteiger partial charge in [0.25, 0.3) is 0 Å². The summed E-state index contributed by atoms with van der Waals surface area (Å²) in [5.41, 5.74) is 4.05. The van der Waals surface area contributed by atoms with Crippen LogP contribution in [0.3, 0.4) is 0 Å². The number of hydrogen-bond acceptors (Lipinski definition) is 2. The van der Waals surface area contributed by atoms with Gasteiger partial charge in [-0.1, -0.05) is 51.0 Å². The van der Waals surface area contributed by atoms with Crippen LogP contribution in [0.25, 0.3) is 0 Å². The van der Waals surface area contributed by atoms with E-state index in [1.165, 1.54) is 67.6 Å². The van der Waals surface area contributed by atoms with E-state index in [-0.39, 0.29) is 6.10 Å². The third-order valence-corrected chi connectivity index (χ3v) is 11.0. The highest BCUT2D eigenvalue weighted by molar-refractivity contribution is 7.99. The normalized spacial score (nSPS) is 39.6. The number of rotatable bonds is 5. The van der Waals surface area contributed by atoms with E-state index in [0.717, 1.165) is 30.6 Å². The lowest BCUT2D eigenvalue weighted by atomic mass is 9.47. The maximum Gasteiger partial charge on any atom is 0.0577 e. The lowest BCUT2D eigenvalue weighted by molar-refractivity contribution is -0.0440. The summed E-state index contributed by atoms with van der Waals surface area (Å²) in [7, 11) is 0. The van der Waals surface area contributed by atoms with Crippen LogP contribution < -0.4 is 0 Å². The second-order valence-corrected chi connectivity index (χ2v) is 12.9. The minimum atomic E-state index is -0.0864. The minimum Gasteiger partial charge on any atom is -0.393 e. The fourth-order valence-corrected chi connectivity index (χ4v) is 9.27. The molecule has 1 aromatic carbocycles. The van der Waals surface area contributed by atoms with Crippen molar-refractivity contribution in [1.29, 1.82) is 0 Å². The Hall–Kier alpha value is -0.730. The first-order valence-corrected chi connectivity index (χ1v) is 14.0. The molecule has 0 saturated heterocycles. The molecule has 3 saturated carbocycles. The van der Waals surface area contributed by atoms with Gasteiger partial charge in [0, 0.05) is 4.90 Å². The molecular weight excluding hydrogens is 396 g/mol. The van der Waals surface area contributed by atoms with Crippen molar-refractivity contribution in [3.63, 3.8) is 0 Å². The standard InChI is InChI=1S/C29H42OS/c1-20(2)21-6-9-24(10-7-21)31-18-17-29-14-4-5-27(29)25-11-8-22-19-23(30)12-15-28(22,3)26(25)13-16-29/h6-10,20,23,25-27,30H,4-5,11-19H2,1-3H3/t23-,25+,26-,27-,28-,29-/m0/s1. The molecule has 1 N–H and O–H groups in total. The van der Waals surface area contributed by atoms with Gasteiger partial charge in [-0.05, 0) is 116 Å². The molecule has 0 radical (unpaired) electrons. The maximum atomic E-state index is 10.2. The summed E-state index contributed by atoms with van der Waals surface area (Å²) in [6.07, 6.45) is 15.6. The fraction of sp³-hybridized carbons (Fsp3) is 0.724. The number of benzene rings is 1. The summed E-state index contributed by atoms with van der Waals surface area (Å²) >= 11 is 2.09. The molecule has 1 aromatic rings. The van der Waals surface area contributed by atoms with E-state index >= 15 is 0 Å². The van der Waals surface area contributed by atoms with Gasteiger partial charge >= 0.3 is 0 Å². The molecule has 6 atom stereocenters. The van der Waals surface area contributed by atoms with Gasteiger partial charge in [0.1, 0.15) is 0 Å². The molecule has 0 unspecified atom stereocenters. The monoisotopic (exact) mass is 438 g/mol. The van der Waals surface area contributed by atoms with Crippen LogP contribution in [0.15, 0.2) is 40.8 Å². The summed E-state index contributed by atoms with van der Waals surface area (Å²) in [5.74, 6) is 4.60. The number of allylic oxidation sites excluding steroid dienone is 1. The van der Waals surface area contributed by atoms with Crippen LogP contribution >= 0.6 is 11.8 Å². The Balaban J connectivity index is 1.27. The van der Waals surface area contributed by atoms with Gasteiger partial charge in [0.05, 0.1) is 6.10 Å². The number of aliphatic hydroxyl groups excluding tert-OH is 1. The lowest BCUT2D eigenvalue weighted by Crippen LogP contribution is -2.50. The van der Waals surface area contributed by atoms with Crippen LogP contribution in [0.4, 0.5) is 0 Å². The van der Waals surface area contributed by atoms with E-state index in [0.29, 0.717) is 16.7 Å². The topological polar surface area (TPSA) is 20.2 Å². The molecule has 0 heterocycles. The van der Waals surface area contributed by atoms with Crippen molar-refractivity contribution in [2.45, 2.75) is 102 Å². The maximum absolute atomic E-state index is 10.2. The van der Waals surface area contributed by atoms with Crippen molar-refractivity contribution in [3.8, 4) is 0 Å². The number of thioether (sulfide) groups is 1. The van der Waals surface area contributed by atoms with E-state index in [4.69, 9.17) is 0 Å². The van der Waals surface area contributed by atoms with E-state index in [9.17, 15) is 5.11 Å². The molecule has 2 heteroatoms. The van der Waals surface area contributed by atoms with E-state index in [1.807, 2.05) is 0 Å². The van der Waals surface area contributed by atoms with Gasteiger partial charge < -0.3 is 5.11 Å². The molecule has 0 amide bonds. The molecule has 170 valence electrons. The van der Waals surface area contributed by atoms with Crippen LogP contribution in [0.1, 0.15) is 96.5 Å². The molecule has 5 rings (SSSR count). The first kappa shape index (κ1) is 22.1. The van der Waals surface area contributed by atoms with Crippen LogP contribution in [0.2, 0.25) is 0 Å². The van der Waals surface area contributed by atoms with E-state index in [1.54, 1.807) is 5.57 Å². The second kappa shape index (κ2) is 8.56. The Morgan fingerprint density at radius 2 is 1.84 bits per heavy atom. The Kier molecular flexibility index (Phi) is 6.10. The first-order chi connectivity index (χ1) is 14.9. The van der Waals surface area contributed by atoms with Crippen molar-refractivity contribution in [3.05, 3.63) is 41.5 Å². The quantitative estimate of drug-likeness (QED) is 0.371. The van der Waals surface area contributed by atoms with E-state index in [2.05, 4.69) is 62.9 Å². The molecule has 4 aliphatic rings. The largest absolute Gasteiger partial charge is 0.393 e. The van der Waals surface area contributed by atoms with Gasteiger partial charge in [-0.2, -0.15) is 0 Å². The summed E-state index contributed by atoms with van der Waals surface area (Å²) in [4.78, 5) is 1.45. The Bertz CT molecular complexity index is 811. The summed E-state index contributed by atoms with van der Waals surface area (Å²) < 4.78 is 0. The SMILES string of the molecule is CC(C)c1ccc(SCC[C@@]23CCC[C@H]2[C@@H]2CC=C4C[C@@H](O)CC[C@]4(C)[C@H]2CC3)cc1. The smallest absolute Gasteiger partial charge is 0.0577 e. The van der Waals surface area contributed by atoms with Crippen LogP contribution in [0, 0.1) is 28.6 Å². The fourth-order valence-electron chi connectivity index (χ4n) is 8.19. The molecule has 0 spiro atoms. The van der Waals surface area contributed by atoms with Gasteiger partial charge in [-0.15, -0.1) is 11.8 Å². The Morgan fingerprint density at radius 3 is 2.61 bits per heavy atom. The highest BCUT2D eigenvalue weighted by Gasteiger charge is 2.56. The van der Waals surface area contributed by atoms with Gasteiger partial charge in [-0.25, -0.2) is 0 Å². The predicted molar refractivity (Wildman–Crippen MR) is 133 cm³/mol. The average Bonchev–Trinajstić information content (AvgIpc) is 3.19. The van der Waals surface area contributed by atoms with Gasteiger partial charge in [-0.3, -0.25) is 0 Å². The lowest BCUT2D eigenvalue weighted by Gasteiger charge is -2.58. The van der Waals surface area contributed by atoms with Gasteiger partial charge in [0.2, 0.25) is 0 Å². The van der Waals surface area contributed by atoms with Crippen LogP contribution in [-0.2, 0) is 0 Å². The van der Waals surface area contributed by atoms with E-state index < -0.39 is 0 Å². The molecule has 4 aliphatic carbocycles. The number of hydrogen-bond donors (Lipinski definition) is 1. The molecule has 0 bridgehead atoms. The first-order valence-electron chi connectivity index (χ1n) is 13.0. The van der Waals surface area contributed by atoms with Crippen molar-refractivity contribution < 1.29 is 5.11 Å². The van der Waals surface area contributed by atoms with Crippen molar-refractivity contribution in [1.82, 2.24) is 0 Å².